The smallest absolute Gasteiger partial charge is 0.324 e. The van der Waals surface area contributed by atoms with Crippen LogP contribution in [0.1, 0.15) is 36.2 Å². The number of benzene rings is 1. The van der Waals surface area contributed by atoms with Crippen LogP contribution in [0.5, 0.6) is 11.8 Å². The highest BCUT2D eigenvalue weighted by molar-refractivity contribution is 5.88. The van der Waals surface area contributed by atoms with Crippen LogP contribution in [0.15, 0.2) is 30.5 Å². The normalized spacial score (nSPS) is 22.8. The minimum absolute atomic E-state index is 0.152. The molecule has 33 heavy (non-hydrogen) atoms. The van der Waals surface area contributed by atoms with Gasteiger partial charge in [0.15, 0.2) is 0 Å². The first kappa shape index (κ1) is 20.4. The summed E-state index contributed by atoms with van der Waals surface area (Å²) in [7, 11) is 1.81. The number of anilines is 2. The average Bonchev–Trinajstić information content (AvgIpc) is 3.42. The number of hydrogen-bond donors (Lipinski definition) is 2. The molecule has 0 radical (unpaired) electrons. The predicted molar refractivity (Wildman–Crippen MR) is 125 cm³/mol. The number of pyridine rings is 1. The van der Waals surface area contributed by atoms with E-state index in [-0.39, 0.29) is 23.3 Å². The largest absolute Gasteiger partial charge is 0.423 e. The third-order valence-corrected chi connectivity index (χ3v) is 7.56. The highest BCUT2D eigenvalue weighted by Gasteiger charge is 2.50. The lowest BCUT2D eigenvalue weighted by molar-refractivity contribution is 0.122. The van der Waals surface area contributed by atoms with Crippen LogP contribution in [-0.4, -0.2) is 41.1 Å². The maximum atomic E-state index is 14.5. The van der Waals surface area contributed by atoms with E-state index in [0.717, 1.165) is 71.9 Å². The number of aryl methyl sites for hydroxylation is 1. The Hall–Kier alpha value is -3.26. The van der Waals surface area contributed by atoms with Gasteiger partial charge in [-0.1, -0.05) is 0 Å². The van der Waals surface area contributed by atoms with E-state index in [9.17, 15) is 4.39 Å². The van der Waals surface area contributed by atoms with Crippen molar-refractivity contribution in [1.29, 1.82) is 0 Å². The van der Waals surface area contributed by atoms with Crippen LogP contribution in [0.2, 0.25) is 0 Å². The molecule has 2 aromatic heterocycles. The molecule has 3 aromatic rings. The Morgan fingerprint density at radius 1 is 1.24 bits per heavy atom. The predicted octanol–water partition coefficient (Wildman–Crippen LogP) is 4.04. The fourth-order valence-corrected chi connectivity index (χ4v) is 5.51. The molecule has 1 saturated heterocycles. The van der Waals surface area contributed by atoms with Crippen LogP contribution in [0.3, 0.4) is 0 Å². The molecule has 2 unspecified atom stereocenters. The van der Waals surface area contributed by atoms with Gasteiger partial charge in [0.1, 0.15) is 17.4 Å². The van der Waals surface area contributed by atoms with Crippen molar-refractivity contribution in [3.63, 3.8) is 0 Å². The van der Waals surface area contributed by atoms with Gasteiger partial charge in [0, 0.05) is 55.0 Å². The summed E-state index contributed by atoms with van der Waals surface area (Å²) in [5.74, 6) is 1.11. The van der Waals surface area contributed by atoms with Gasteiger partial charge in [-0.3, -0.25) is 4.98 Å². The van der Waals surface area contributed by atoms with E-state index in [0.29, 0.717) is 12.2 Å². The standard InChI is InChI=1S/C25H27FN6O/c1-14-3-4-16(12-29-14)33-24-30-20-11-17-18(9-15(26)10-19(17)28-2)22(20)23(31-24)32-8-7-25(13-32)6-5-21(25)27/h3-4,9-10,12,21,28H,5-8,11,13,27H2,1-2H3. The summed E-state index contributed by atoms with van der Waals surface area (Å²) >= 11 is 0. The molecule has 1 spiro atoms. The lowest BCUT2D eigenvalue weighted by Gasteiger charge is -2.45. The third kappa shape index (κ3) is 3.23. The van der Waals surface area contributed by atoms with E-state index in [1.54, 1.807) is 12.3 Å². The Labute approximate surface area is 192 Å². The van der Waals surface area contributed by atoms with E-state index in [1.165, 1.54) is 6.07 Å². The van der Waals surface area contributed by atoms with Gasteiger partial charge in [0.05, 0.1) is 11.9 Å². The lowest BCUT2D eigenvalue weighted by atomic mass is 9.64. The van der Waals surface area contributed by atoms with Crippen molar-refractivity contribution < 1.29 is 9.13 Å². The zero-order valence-corrected chi connectivity index (χ0v) is 18.9. The molecule has 170 valence electrons. The first-order valence-electron chi connectivity index (χ1n) is 11.5. The topological polar surface area (TPSA) is 89.2 Å². The Balaban J connectivity index is 1.45. The fourth-order valence-electron chi connectivity index (χ4n) is 5.51. The van der Waals surface area contributed by atoms with Crippen molar-refractivity contribution in [2.24, 2.45) is 11.1 Å². The molecule has 0 amide bonds. The van der Waals surface area contributed by atoms with Gasteiger partial charge in [-0.2, -0.15) is 9.97 Å². The Bertz CT molecular complexity index is 1250. The number of fused-ring (bicyclic) bond motifs is 3. The summed E-state index contributed by atoms with van der Waals surface area (Å²) < 4.78 is 20.5. The van der Waals surface area contributed by atoms with Crippen molar-refractivity contribution in [2.45, 2.75) is 38.6 Å². The second-order valence-corrected chi connectivity index (χ2v) is 9.47. The van der Waals surface area contributed by atoms with Gasteiger partial charge < -0.3 is 20.7 Å². The molecule has 8 heteroatoms. The van der Waals surface area contributed by atoms with Crippen LogP contribution >= 0.6 is 0 Å². The quantitative estimate of drug-likeness (QED) is 0.489. The van der Waals surface area contributed by atoms with Crippen LogP contribution < -0.4 is 20.7 Å². The number of hydrogen-bond acceptors (Lipinski definition) is 7. The van der Waals surface area contributed by atoms with Gasteiger partial charge in [-0.15, -0.1) is 0 Å². The van der Waals surface area contributed by atoms with Crippen molar-refractivity contribution in [1.82, 2.24) is 15.0 Å². The zero-order valence-electron chi connectivity index (χ0n) is 18.9. The molecular formula is C25H27FN6O. The van der Waals surface area contributed by atoms with E-state index in [4.69, 9.17) is 20.4 Å². The molecule has 1 aliphatic heterocycles. The van der Waals surface area contributed by atoms with Crippen LogP contribution in [0, 0.1) is 18.2 Å². The van der Waals surface area contributed by atoms with Gasteiger partial charge >= 0.3 is 6.01 Å². The van der Waals surface area contributed by atoms with Crippen LogP contribution in [-0.2, 0) is 6.42 Å². The average molecular weight is 447 g/mol. The number of halogens is 1. The molecule has 3 aliphatic rings. The lowest BCUT2D eigenvalue weighted by Crippen LogP contribution is -2.52. The Morgan fingerprint density at radius 2 is 2.12 bits per heavy atom. The van der Waals surface area contributed by atoms with Gasteiger partial charge in [0.2, 0.25) is 0 Å². The van der Waals surface area contributed by atoms with Crippen LogP contribution in [0.25, 0.3) is 11.1 Å². The minimum atomic E-state index is -0.276. The molecule has 2 aliphatic carbocycles. The van der Waals surface area contributed by atoms with Gasteiger partial charge in [0.25, 0.3) is 0 Å². The molecule has 3 heterocycles. The summed E-state index contributed by atoms with van der Waals surface area (Å²) in [4.78, 5) is 16.2. The molecule has 0 bridgehead atoms. The summed E-state index contributed by atoms with van der Waals surface area (Å²) in [6.45, 7) is 3.65. The van der Waals surface area contributed by atoms with Crippen molar-refractivity contribution in [3.8, 4) is 22.9 Å². The summed E-state index contributed by atoms with van der Waals surface area (Å²) in [6, 6.07) is 7.40. The zero-order chi connectivity index (χ0) is 22.7. The maximum absolute atomic E-state index is 14.5. The van der Waals surface area contributed by atoms with Crippen molar-refractivity contribution in [3.05, 3.63) is 53.2 Å². The molecule has 7 nitrogen and oxygen atoms in total. The monoisotopic (exact) mass is 446 g/mol. The minimum Gasteiger partial charge on any atom is -0.423 e. The van der Waals surface area contributed by atoms with E-state index in [1.807, 2.05) is 26.1 Å². The number of ether oxygens (including phenoxy) is 1. The molecule has 2 atom stereocenters. The van der Waals surface area contributed by atoms with E-state index >= 15 is 0 Å². The molecule has 6 rings (SSSR count). The van der Waals surface area contributed by atoms with Crippen molar-refractivity contribution >= 4 is 11.5 Å². The summed E-state index contributed by atoms with van der Waals surface area (Å²) in [5, 5.41) is 3.13. The second-order valence-electron chi connectivity index (χ2n) is 9.47. The first-order valence-corrected chi connectivity index (χ1v) is 11.5. The molecule has 1 saturated carbocycles. The highest BCUT2D eigenvalue weighted by atomic mass is 19.1. The molecule has 3 N–H and O–H groups in total. The SMILES string of the molecule is CNc1cc(F)cc2c1Cc1nc(Oc3ccc(C)nc3)nc(N3CCC4(CCC4N)C3)c1-2. The van der Waals surface area contributed by atoms with Gasteiger partial charge in [-0.05, 0) is 61.6 Å². The second kappa shape index (κ2) is 7.38. The number of rotatable bonds is 4. The highest BCUT2D eigenvalue weighted by Crippen LogP contribution is 2.51. The first-order chi connectivity index (χ1) is 16.0. The Morgan fingerprint density at radius 3 is 2.79 bits per heavy atom. The maximum Gasteiger partial charge on any atom is 0.324 e. The number of nitrogens with two attached hydrogens (primary N) is 1. The molecule has 2 fully saturated rings. The van der Waals surface area contributed by atoms with Gasteiger partial charge in [-0.25, -0.2) is 4.39 Å². The summed E-state index contributed by atoms with van der Waals surface area (Å²) in [5.41, 5.74) is 11.9. The summed E-state index contributed by atoms with van der Waals surface area (Å²) in [6.07, 6.45) is 5.53. The molecular weight excluding hydrogens is 419 g/mol. The molecule has 1 aromatic carbocycles. The fraction of sp³-hybridized carbons (Fsp3) is 0.400. The Kier molecular flexibility index (Phi) is 4.55. The van der Waals surface area contributed by atoms with E-state index < -0.39 is 0 Å². The number of aromatic nitrogens is 3. The number of nitrogens with one attached hydrogen (secondary N) is 1. The number of nitrogens with zero attached hydrogens (tertiary/aromatic N) is 4. The van der Waals surface area contributed by atoms with E-state index in [2.05, 4.69) is 15.2 Å². The van der Waals surface area contributed by atoms with Crippen LogP contribution in [0.4, 0.5) is 15.9 Å². The third-order valence-electron chi connectivity index (χ3n) is 7.56. The van der Waals surface area contributed by atoms with Crippen molar-refractivity contribution in [2.75, 3.05) is 30.4 Å².